The summed E-state index contributed by atoms with van der Waals surface area (Å²) in [5.74, 6) is 0.803. The molecule has 0 atom stereocenters. The topological polar surface area (TPSA) is 59.9 Å². The van der Waals surface area contributed by atoms with Crippen LogP contribution in [0.4, 0.5) is 0 Å². The first-order valence-corrected chi connectivity index (χ1v) is 10.4. The number of hydrazone groups is 1. The van der Waals surface area contributed by atoms with Crippen molar-refractivity contribution in [3.63, 3.8) is 0 Å². The molecule has 4 rings (SSSR count). The largest absolute Gasteiger partial charge is 0.493 e. The minimum Gasteiger partial charge on any atom is -0.493 e. The molecule has 5 nitrogen and oxygen atoms in total. The second-order valence-corrected chi connectivity index (χ2v) is 7.46. The molecular weight excluding hydrogens is 424 g/mol. The Labute approximate surface area is 191 Å². The van der Waals surface area contributed by atoms with Crippen LogP contribution in [0.15, 0.2) is 90.0 Å². The number of hydrogen-bond donors (Lipinski definition) is 1. The fraction of sp³-hybridized carbons (Fsp3) is 0.0769. The van der Waals surface area contributed by atoms with Gasteiger partial charge < -0.3 is 9.47 Å². The van der Waals surface area contributed by atoms with Gasteiger partial charge in [-0.2, -0.15) is 5.10 Å². The number of hydrogen-bond acceptors (Lipinski definition) is 4. The van der Waals surface area contributed by atoms with Crippen LogP contribution in [0.1, 0.15) is 21.5 Å². The van der Waals surface area contributed by atoms with Gasteiger partial charge in [0.25, 0.3) is 5.91 Å². The first kappa shape index (κ1) is 21.4. The normalized spacial score (nSPS) is 10.9. The molecule has 0 bridgehead atoms. The van der Waals surface area contributed by atoms with Crippen molar-refractivity contribution in [3.05, 3.63) is 107 Å². The number of halogens is 1. The number of methoxy groups -OCH3 is 1. The van der Waals surface area contributed by atoms with Crippen LogP contribution in [0.3, 0.4) is 0 Å². The van der Waals surface area contributed by atoms with E-state index in [1.807, 2.05) is 72.8 Å². The SMILES string of the molecule is COc1cccc(/C=N\NC(=O)c2cccc3ccccc23)c1OCc1cccc(Cl)c1. The Morgan fingerprint density at radius 3 is 2.62 bits per heavy atom. The van der Waals surface area contributed by atoms with E-state index in [0.29, 0.717) is 34.3 Å². The predicted octanol–water partition coefficient (Wildman–Crippen LogP) is 5.84. The van der Waals surface area contributed by atoms with E-state index < -0.39 is 0 Å². The molecule has 0 radical (unpaired) electrons. The molecular formula is C26H21ClN2O3. The van der Waals surface area contributed by atoms with Crippen LogP contribution in [0.25, 0.3) is 10.8 Å². The quantitative estimate of drug-likeness (QED) is 0.287. The lowest BCUT2D eigenvalue weighted by Gasteiger charge is -2.13. The van der Waals surface area contributed by atoms with Crippen molar-refractivity contribution in [2.75, 3.05) is 7.11 Å². The molecule has 160 valence electrons. The van der Waals surface area contributed by atoms with E-state index in [4.69, 9.17) is 21.1 Å². The first-order valence-electron chi connectivity index (χ1n) is 10.0. The van der Waals surface area contributed by atoms with Crippen LogP contribution in [-0.2, 0) is 6.61 Å². The van der Waals surface area contributed by atoms with Gasteiger partial charge in [-0.05, 0) is 46.7 Å². The summed E-state index contributed by atoms with van der Waals surface area (Å²) in [4.78, 5) is 12.7. The second-order valence-electron chi connectivity index (χ2n) is 7.02. The lowest BCUT2D eigenvalue weighted by molar-refractivity contribution is 0.0957. The molecule has 0 aromatic heterocycles. The average Bonchev–Trinajstić information content (AvgIpc) is 2.82. The molecule has 0 aliphatic heterocycles. The summed E-state index contributed by atoms with van der Waals surface area (Å²) in [7, 11) is 1.57. The molecule has 0 aliphatic rings. The van der Waals surface area contributed by atoms with Crippen molar-refractivity contribution < 1.29 is 14.3 Å². The van der Waals surface area contributed by atoms with Crippen LogP contribution >= 0.6 is 11.6 Å². The zero-order valence-electron chi connectivity index (χ0n) is 17.4. The molecule has 0 saturated carbocycles. The minimum absolute atomic E-state index is 0.289. The van der Waals surface area contributed by atoms with Gasteiger partial charge >= 0.3 is 0 Å². The summed E-state index contributed by atoms with van der Waals surface area (Å²) < 4.78 is 11.5. The van der Waals surface area contributed by atoms with Gasteiger partial charge in [0.1, 0.15) is 6.61 Å². The van der Waals surface area contributed by atoms with Crippen molar-refractivity contribution in [1.82, 2.24) is 5.43 Å². The number of nitrogens with zero attached hydrogens (tertiary/aromatic N) is 1. The molecule has 0 spiro atoms. The highest BCUT2D eigenvalue weighted by Gasteiger charge is 2.11. The molecule has 4 aromatic carbocycles. The smallest absolute Gasteiger partial charge is 0.271 e. The number of nitrogens with one attached hydrogen (secondary N) is 1. The van der Waals surface area contributed by atoms with Crippen molar-refractivity contribution in [2.45, 2.75) is 6.61 Å². The number of benzene rings is 4. The van der Waals surface area contributed by atoms with Crippen LogP contribution in [0.2, 0.25) is 5.02 Å². The molecule has 0 heterocycles. The van der Waals surface area contributed by atoms with Gasteiger partial charge in [-0.1, -0.05) is 66.2 Å². The van der Waals surface area contributed by atoms with Crippen LogP contribution in [-0.4, -0.2) is 19.2 Å². The van der Waals surface area contributed by atoms with Gasteiger partial charge in [-0.15, -0.1) is 0 Å². The molecule has 0 fully saturated rings. The first-order chi connectivity index (χ1) is 15.7. The van der Waals surface area contributed by atoms with E-state index in [1.165, 1.54) is 0 Å². The van der Waals surface area contributed by atoms with Gasteiger partial charge in [0, 0.05) is 16.1 Å². The fourth-order valence-electron chi connectivity index (χ4n) is 3.38. The highest BCUT2D eigenvalue weighted by atomic mass is 35.5. The molecule has 32 heavy (non-hydrogen) atoms. The second kappa shape index (κ2) is 9.98. The number of amides is 1. The summed E-state index contributed by atoms with van der Waals surface area (Å²) in [6.07, 6.45) is 1.54. The Hall–Kier alpha value is -3.83. The molecule has 4 aromatic rings. The van der Waals surface area contributed by atoms with Crippen LogP contribution in [0.5, 0.6) is 11.5 Å². The molecule has 1 N–H and O–H groups in total. The highest BCUT2D eigenvalue weighted by Crippen LogP contribution is 2.31. The third kappa shape index (κ3) is 4.90. The van der Waals surface area contributed by atoms with E-state index >= 15 is 0 Å². The zero-order valence-corrected chi connectivity index (χ0v) is 18.2. The number of para-hydroxylation sites is 1. The predicted molar refractivity (Wildman–Crippen MR) is 128 cm³/mol. The van der Waals surface area contributed by atoms with Gasteiger partial charge in [0.2, 0.25) is 0 Å². The van der Waals surface area contributed by atoms with E-state index in [9.17, 15) is 4.79 Å². The highest BCUT2D eigenvalue weighted by molar-refractivity contribution is 6.30. The lowest BCUT2D eigenvalue weighted by atomic mass is 10.0. The van der Waals surface area contributed by atoms with Gasteiger partial charge in [0.15, 0.2) is 11.5 Å². The monoisotopic (exact) mass is 444 g/mol. The Morgan fingerprint density at radius 2 is 1.78 bits per heavy atom. The lowest BCUT2D eigenvalue weighted by Crippen LogP contribution is -2.18. The van der Waals surface area contributed by atoms with Crippen LogP contribution in [0, 0.1) is 0 Å². The molecule has 1 amide bonds. The zero-order chi connectivity index (χ0) is 22.3. The summed E-state index contributed by atoms with van der Waals surface area (Å²) in [5.41, 5.74) is 4.76. The summed E-state index contributed by atoms with van der Waals surface area (Å²) >= 11 is 6.06. The van der Waals surface area contributed by atoms with Crippen molar-refractivity contribution in [2.24, 2.45) is 5.10 Å². The van der Waals surface area contributed by atoms with Gasteiger partial charge in [0.05, 0.1) is 13.3 Å². The number of carbonyl (C=O) groups is 1. The number of fused-ring (bicyclic) bond motifs is 1. The van der Waals surface area contributed by atoms with E-state index in [-0.39, 0.29) is 5.91 Å². The third-order valence-electron chi connectivity index (χ3n) is 4.91. The minimum atomic E-state index is -0.289. The molecule has 0 unspecified atom stereocenters. The van der Waals surface area contributed by atoms with E-state index in [0.717, 1.165) is 16.3 Å². The fourth-order valence-corrected chi connectivity index (χ4v) is 3.59. The molecule has 6 heteroatoms. The Bertz CT molecular complexity index is 1280. The Balaban J connectivity index is 1.52. The van der Waals surface area contributed by atoms with E-state index in [2.05, 4.69) is 10.5 Å². The average molecular weight is 445 g/mol. The third-order valence-corrected chi connectivity index (χ3v) is 5.14. The van der Waals surface area contributed by atoms with Gasteiger partial charge in [-0.25, -0.2) is 5.43 Å². The molecule has 0 aliphatic carbocycles. The maximum Gasteiger partial charge on any atom is 0.271 e. The molecule has 0 saturated heterocycles. The maximum atomic E-state index is 12.7. The number of carbonyl (C=O) groups excluding carboxylic acids is 1. The summed E-state index contributed by atoms with van der Waals surface area (Å²) in [6.45, 7) is 0.310. The van der Waals surface area contributed by atoms with Crippen molar-refractivity contribution >= 4 is 34.5 Å². The van der Waals surface area contributed by atoms with Crippen LogP contribution < -0.4 is 14.9 Å². The summed E-state index contributed by atoms with van der Waals surface area (Å²) in [5, 5.41) is 6.66. The Kier molecular flexibility index (Phi) is 6.68. The standard InChI is InChI=1S/C26H21ClN2O3/c1-31-24-14-6-10-20(25(24)32-17-18-7-4-11-21(27)15-18)16-28-29-26(30)23-13-5-9-19-8-2-3-12-22(19)23/h2-16H,17H2,1H3,(H,29,30)/b28-16-. The van der Waals surface area contributed by atoms with Crippen molar-refractivity contribution in [3.8, 4) is 11.5 Å². The number of rotatable bonds is 7. The number of ether oxygens (including phenoxy) is 2. The maximum absolute atomic E-state index is 12.7. The van der Waals surface area contributed by atoms with Crippen molar-refractivity contribution in [1.29, 1.82) is 0 Å². The summed E-state index contributed by atoms with van der Waals surface area (Å²) in [6, 6.07) is 26.2. The Morgan fingerprint density at radius 1 is 1.00 bits per heavy atom. The van der Waals surface area contributed by atoms with Gasteiger partial charge in [-0.3, -0.25) is 4.79 Å². The van der Waals surface area contributed by atoms with E-state index in [1.54, 1.807) is 25.5 Å².